The maximum atomic E-state index is 2.57. The van der Waals surface area contributed by atoms with Gasteiger partial charge in [0.15, 0.2) is 0 Å². The third-order valence-electron chi connectivity index (χ3n) is 4.85. The summed E-state index contributed by atoms with van der Waals surface area (Å²) in [5.41, 5.74) is 5.96. The van der Waals surface area contributed by atoms with E-state index in [0.29, 0.717) is 0 Å². The number of halogens is 2. The van der Waals surface area contributed by atoms with Crippen molar-refractivity contribution in [1.29, 1.82) is 0 Å². The molecule has 2 unspecified atom stereocenters. The van der Waals surface area contributed by atoms with Gasteiger partial charge in [0.25, 0.3) is 0 Å². The van der Waals surface area contributed by atoms with Crippen molar-refractivity contribution in [2.24, 2.45) is 0 Å². The first-order valence-corrected chi connectivity index (χ1v) is 20.0. The molecule has 4 heteroatoms. The monoisotopic (exact) mass is 540 g/mol. The summed E-state index contributed by atoms with van der Waals surface area (Å²) in [6.45, 7) is 5.13. The van der Waals surface area contributed by atoms with Crippen LogP contribution >= 0.6 is 24.8 Å². The second kappa shape index (κ2) is 8.31. The van der Waals surface area contributed by atoms with Gasteiger partial charge in [-0.3, -0.25) is 0 Å². The summed E-state index contributed by atoms with van der Waals surface area (Å²) in [4.78, 5) is 0. The van der Waals surface area contributed by atoms with Crippen LogP contribution in [0.25, 0.3) is 12.2 Å². The van der Waals surface area contributed by atoms with Crippen LogP contribution < -0.4 is 0 Å². The van der Waals surface area contributed by atoms with Crippen LogP contribution in [0.4, 0.5) is 0 Å². The fraction of sp³-hybridized carbons (Fsp3) is 0.200. The van der Waals surface area contributed by atoms with Crippen LogP contribution in [0.2, 0.25) is 13.1 Å². The first-order chi connectivity index (χ1) is 10.8. The Kier molecular flexibility index (Phi) is 6.89. The summed E-state index contributed by atoms with van der Waals surface area (Å²) in [7, 11) is 0. The van der Waals surface area contributed by atoms with Gasteiger partial charge in [-0.2, -0.15) is 0 Å². The maximum absolute atomic E-state index is 2.57. The van der Waals surface area contributed by atoms with E-state index in [1.54, 1.807) is 11.1 Å². The average Bonchev–Trinajstić information content (AvgIpc) is 3.13. The molecule has 0 spiro atoms. The average molecular weight is 540 g/mol. The van der Waals surface area contributed by atoms with Crippen LogP contribution in [0.1, 0.15) is 29.6 Å². The maximum Gasteiger partial charge on any atom is -0.147 e. The Morgan fingerprint density at radius 3 is 1.54 bits per heavy atom. The second-order valence-electron chi connectivity index (χ2n) is 6.39. The quantitative estimate of drug-likeness (QED) is 0.397. The molecule has 0 aliphatic heterocycles. The second-order valence-corrected chi connectivity index (χ2v) is 31.6. The topological polar surface area (TPSA) is 0 Å². The third-order valence-corrected chi connectivity index (χ3v) is 32.0. The van der Waals surface area contributed by atoms with Crippen molar-refractivity contribution in [2.45, 2.75) is 20.4 Å². The molecule has 0 radical (unpaired) electrons. The summed E-state index contributed by atoms with van der Waals surface area (Å²) < 4.78 is 1.57. The van der Waals surface area contributed by atoms with E-state index in [9.17, 15) is 0 Å². The number of hydrogen-bond donors (Lipinski definition) is 0. The predicted octanol–water partition coefficient (Wildman–Crippen LogP) is 6.24. The SMILES string of the molecule is C[Si](C)=[Hf]([CH]1C=Cc2ccccc21)[CH]1C=Cc2ccccc21.Cl.Cl. The Hall–Kier alpha value is -0.413. The molecule has 4 rings (SSSR count). The van der Waals surface area contributed by atoms with Crippen molar-refractivity contribution in [3.8, 4) is 0 Å². The summed E-state index contributed by atoms with van der Waals surface area (Å²) >= 11 is -1.85. The number of fused-ring (bicyclic) bond motifs is 2. The van der Waals surface area contributed by atoms with Gasteiger partial charge in [-0.1, -0.05) is 0 Å². The molecule has 2 aromatic rings. The first kappa shape index (κ1) is 19.9. The number of benzene rings is 2. The Morgan fingerprint density at radius 2 is 1.12 bits per heavy atom. The van der Waals surface area contributed by atoms with Gasteiger partial charge in [-0.05, 0) is 0 Å². The van der Waals surface area contributed by atoms with Crippen molar-refractivity contribution in [2.75, 3.05) is 0 Å². The van der Waals surface area contributed by atoms with Gasteiger partial charge in [0, 0.05) is 0 Å². The van der Waals surface area contributed by atoms with E-state index in [1.165, 1.54) is 11.1 Å². The van der Waals surface area contributed by atoms with Gasteiger partial charge in [-0.15, -0.1) is 24.8 Å². The normalized spacial score (nSPS) is 19.1. The molecule has 2 aliphatic rings. The molecule has 0 N–H and O–H groups in total. The van der Waals surface area contributed by atoms with Crippen LogP contribution in [0, 0.1) is 0 Å². The van der Waals surface area contributed by atoms with Crippen molar-refractivity contribution in [3.63, 3.8) is 0 Å². The van der Waals surface area contributed by atoms with Crippen LogP contribution in [-0.2, 0) is 20.1 Å². The molecule has 0 heterocycles. The van der Waals surface area contributed by atoms with Gasteiger partial charge in [0.2, 0.25) is 0 Å². The van der Waals surface area contributed by atoms with Crippen molar-refractivity contribution in [3.05, 3.63) is 82.9 Å². The number of hydrogen-bond acceptors (Lipinski definition) is 0. The van der Waals surface area contributed by atoms with Crippen LogP contribution in [0.3, 0.4) is 0 Å². The molecule has 2 aromatic carbocycles. The van der Waals surface area contributed by atoms with Crippen LogP contribution in [0.5, 0.6) is 0 Å². The number of rotatable bonds is 2. The zero-order valence-electron chi connectivity index (χ0n) is 13.9. The van der Waals surface area contributed by atoms with Crippen LogP contribution in [0.15, 0.2) is 60.7 Å². The minimum atomic E-state index is -1.85. The molecule has 0 nitrogen and oxygen atoms in total. The van der Waals surface area contributed by atoms with Gasteiger partial charge in [-0.25, -0.2) is 0 Å². The fourth-order valence-corrected chi connectivity index (χ4v) is 30.5. The van der Waals surface area contributed by atoms with Crippen LogP contribution in [-0.4, -0.2) is 5.49 Å². The zero-order valence-corrected chi connectivity index (χ0v) is 20.1. The molecule has 2 aliphatic carbocycles. The Morgan fingerprint density at radius 1 is 0.708 bits per heavy atom. The van der Waals surface area contributed by atoms with Crippen molar-refractivity contribution in [1.82, 2.24) is 0 Å². The molecule has 0 bridgehead atoms. The van der Waals surface area contributed by atoms with E-state index in [-0.39, 0.29) is 30.3 Å². The standard InChI is InChI=1S/2C9H7.C2H6Si.2ClH.Hf/c2*1-2-5-9-7-3-6-8(9)4-1;1-3-2;;;/h2*1-7H;1-2H3;2*1H;. The van der Waals surface area contributed by atoms with Gasteiger partial charge in [0.1, 0.15) is 0 Å². The molecule has 0 amide bonds. The Labute approximate surface area is 165 Å². The van der Waals surface area contributed by atoms with E-state index in [1.807, 2.05) is 0 Å². The summed E-state index contributed by atoms with van der Waals surface area (Å²) in [6, 6.07) is 18.1. The minimum Gasteiger partial charge on any atom is -0.147 e. The van der Waals surface area contributed by atoms with Crippen molar-refractivity contribution >= 4 is 42.5 Å². The van der Waals surface area contributed by atoms with E-state index in [4.69, 9.17) is 0 Å². The Bertz CT molecular complexity index is 772. The van der Waals surface area contributed by atoms with Gasteiger partial charge in [0.05, 0.1) is 0 Å². The van der Waals surface area contributed by atoms with E-state index < -0.39 is 20.1 Å². The fourth-order valence-electron chi connectivity index (χ4n) is 3.86. The van der Waals surface area contributed by atoms with Gasteiger partial charge < -0.3 is 0 Å². The molecule has 0 saturated carbocycles. The smallest absolute Gasteiger partial charge is 0.147 e. The molecular weight excluding hydrogens is 518 g/mol. The predicted molar refractivity (Wildman–Crippen MR) is 108 cm³/mol. The third kappa shape index (κ3) is 3.44. The molecule has 124 valence electrons. The van der Waals surface area contributed by atoms with E-state index in [0.717, 1.165) is 7.35 Å². The summed E-state index contributed by atoms with van der Waals surface area (Å²) in [5, 5.41) is 0. The zero-order chi connectivity index (χ0) is 15.1. The minimum absolute atomic E-state index is 0. The molecular formula is C20H22Cl2HfSi. The van der Waals surface area contributed by atoms with E-state index in [2.05, 4.69) is 85.9 Å². The number of allylic oxidation sites excluding steroid dienone is 2. The van der Waals surface area contributed by atoms with Gasteiger partial charge >= 0.3 is 141 Å². The molecule has 0 fully saturated rings. The largest absolute Gasteiger partial charge is 0.147 e. The molecule has 0 saturated heterocycles. The first-order valence-electron chi connectivity index (χ1n) is 7.97. The summed E-state index contributed by atoms with van der Waals surface area (Å²) in [5.74, 6) is 0. The Balaban J connectivity index is 0.00000104. The van der Waals surface area contributed by atoms with E-state index >= 15 is 0 Å². The molecule has 0 aromatic heterocycles. The molecule has 2 atom stereocenters. The van der Waals surface area contributed by atoms with Crippen molar-refractivity contribution < 1.29 is 20.1 Å². The molecule has 24 heavy (non-hydrogen) atoms. The summed E-state index contributed by atoms with van der Waals surface area (Å²) in [6.07, 6.45) is 9.83.